The first-order chi connectivity index (χ1) is 9.97. The molecule has 0 unspecified atom stereocenters. The van der Waals surface area contributed by atoms with Gasteiger partial charge in [0.25, 0.3) is 5.91 Å². The van der Waals surface area contributed by atoms with Gasteiger partial charge in [-0.05, 0) is 43.5 Å². The second-order valence-electron chi connectivity index (χ2n) is 5.20. The minimum absolute atomic E-state index is 0.0220. The van der Waals surface area contributed by atoms with Crippen molar-refractivity contribution in [1.82, 2.24) is 4.90 Å². The fourth-order valence-corrected chi connectivity index (χ4v) is 2.74. The molecule has 1 aliphatic heterocycles. The Bertz CT molecular complexity index is 542. The lowest BCUT2D eigenvalue weighted by Gasteiger charge is -2.20. The maximum atomic E-state index is 12.1. The molecule has 5 nitrogen and oxygen atoms in total. The van der Waals surface area contributed by atoms with Gasteiger partial charge in [-0.15, -0.1) is 0 Å². The number of amides is 2. The monoisotopic (exact) mass is 354 g/mol. The molecule has 0 aromatic heterocycles. The van der Waals surface area contributed by atoms with E-state index >= 15 is 0 Å². The minimum Gasteiger partial charge on any atom is -0.368 e. The van der Waals surface area contributed by atoms with E-state index in [9.17, 15) is 9.59 Å². The Morgan fingerprint density at radius 3 is 2.86 bits per heavy atom. The van der Waals surface area contributed by atoms with Crippen LogP contribution in [-0.4, -0.2) is 43.0 Å². The van der Waals surface area contributed by atoms with E-state index in [1.807, 2.05) is 25.1 Å². The number of hydrogen-bond donors (Lipinski definition) is 1. The van der Waals surface area contributed by atoms with E-state index in [4.69, 9.17) is 4.74 Å². The van der Waals surface area contributed by atoms with Crippen LogP contribution in [0.1, 0.15) is 18.4 Å². The zero-order valence-corrected chi connectivity index (χ0v) is 13.8. The van der Waals surface area contributed by atoms with Gasteiger partial charge in [0.15, 0.2) is 0 Å². The smallest absolute Gasteiger partial charge is 0.251 e. The first-order valence-electron chi connectivity index (χ1n) is 6.90. The van der Waals surface area contributed by atoms with Gasteiger partial charge in [-0.3, -0.25) is 9.59 Å². The van der Waals surface area contributed by atoms with Gasteiger partial charge in [-0.1, -0.05) is 15.9 Å². The predicted octanol–water partition coefficient (Wildman–Crippen LogP) is 2.33. The molecule has 1 aromatic rings. The molecule has 1 heterocycles. The summed E-state index contributed by atoms with van der Waals surface area (Å²) in [6.07, 6.45) is 1.24. The van der Waals surface area contributed by atoms with Crippen LogP contribution < -0.4 is 5.32 Å². The van der Waals surface area contributed by atoms with Gasteiger partial charge in [0.2, 0.25) is 5.91 Å². The molecule has 1 saturated heterocycles. The van der Waals surface area contributed by atoms with Crippen molar-refractivity contribution in [2.75, 3.05) is 25.5 Å². The molecule has 1 fully saturated rings. The van der Waals surface area contributed by atoms with Crippen LogP contribution in [0.5, 0.6) is 0 Å². The molecule has 1 aliphatic rings. The number of nitrogens with zero attached hydrogens (tertiary/aromatic N) is 1. The topological polar surface area (TPSA) is 58.6 Å². The normalized spacial score (nSPS) is 17.6. The molecule has 0 aliphatic carbocycles. The van der Waals surface area contributed by atoms with Crippen molar-refractivity contribution >= 4 is 33.4 Å². The van der Waals surface area contributed by atoms with Crippen LogP contribution in [0.15, 0.2) is 22.7 Å². The van der Waals surface area contributed by atoms with Crippen molar-refractivity contribution in [3.63, 3.8) is 0 Å². The minimum atomic E-state index is -0.391. The molecule has 0 radical (unpaired) electrons. The molecule has 21 heavy (non-hydrogen) atoms. The van der Waals surface area contributed by atoms with Gasteiger partial charge in [0.1, 0.15) is 6.10 Å². The van der Waals surface area contributed by atoms with E-state index in [0.29, 0.717) is 6.61 Å². The Hall–Kier alpha value is -1.40. The SMILES string of the molecule is Cc1cc(Br)ccc1NC(=O)CN(C)C(=O)[C@@H]1CCCO1. The number of carbonyl (C=O) groups excluding carboxylic acids is 2. The maximum absolute atomic E-state index is 12.1. The Morgan fingerprint density at radius 2 is 2.24 bits per heavy atom. The fourth-order valence-electron chi connectivity index (χ4n) is 2.27. The van der Waals surface area contributed by atoms with Crippen molar-refractivity contribution in [2.45, 2.75) is 25.9 Å². The lowest BCUT2D eigenvalue weighted by molar-refractivity contribution is -0.141. The first-order valence-corrected chi connectivity index (χ1v) is 7.69. The highest BCUT2D eigenvalue weighted by Gasteiger charge is 2.27. The highest BCUT2D eigenvalue weighted by molar-refractivity contribution is 9.10. The van der Waals surface area contributed by atoms with Crippen LogP contribution in [-0.2, 0) is 14.3 Å². The molecule has 2 rings (SSSR count). The van der Waals surface area contributed by atoms with Crippen LogP contribution in [0, 0.1) is 6.92 Å². The maximum Gasteiger partial charge on any atom is 0.251 e. The first kappa shape index (κ1) is 16.0. The number of anilines is 1. The van der Waals surface area contributed by atoms with Crippen LogP contribution in [0.3, 0.4) is 0 Å². The largest absolute Gasteiger partial charge is 0.368 e. The quantitative estimate of drug-likeness (QED) is 0.902. The average Bonchev–Trinajstić information content (AvgIpc) is 2.95. The Balaban J connectivity index is 1.90. The highest BCUT2D eigenvalue weighted by Crippen LogP contribution is 2.20. The summed E-state index contributed by atoms with van der Waals surface area (Å²) in [5.74, 6) is -0.343. The van der Waals surface area contributed by atoms with E-state index in [2.05, 4.69) is 21.2 Å². The Morgan fingerprint density at radius 1 is 1.48 bits per heavy atom. The summed E-state index contributed by atoms with van der Waals surface area (Å²) in [5, 5.41) is 2.82. The Labute approximate surface area is 132 Å². The lowest BCUT2D eigenvalue weighted by atomic mass is 10.2. The number of aryl methyl sites for hydroxylation is 1. The number of ether oxygens (including phenoxy) is 1. The van der Waals surface area contributed by atoms with Crippen molar-refractivity contribution in [1.29, 1.82) is 0 Å². The van der Waals surface area contributed by atoms with E-state index in [0.717, 1.165) is 28.6 Å². The predicted molar refractivity (Wildman–Crippen MR) is 84.1 cm³/mol. The third-order valence-electron chi connectivity index (χ3n) is 3.42. The summed E-state index contributed by atoms with van der Waals surface area (Å²) in [6.45, 7) is 2.56. The van der Waals surface area contributed by atoms with Crippen molar-refractivity contribution < 1.29 is 14.3 Å². The summed E-state index contributed by atoms with van der Waals surface area (Å²) in [4.78, 5) is 25.5. The summed E-state index contributed by atoms with van der Waals surface area (Å²) in [5.41, 5.74) is 1.71. The third kappa shape index (κ3) is 4.28. The van der Waals surface area contributed by atoms with Gasteiger partial charge in [-0.2, -0.15) is 0 Å². The molecular formula is C15H19BrN2O3. The van der Waals surface area contributed by atoms with Gasteiger partial charge >= 0.3 is 0 Å². The molecule has 0 bridgehead atoms. The van der Waals surface area contributed by atoms with Crippen LogP contribution in [0.4, 0.5) is 5.69 Å². The third-order valence-corrected chi connectivity index (χ3v) is 3.92. The van der Waals surface area contributed by atoms with E-state index in [-0.39, 0.29) is 18.4 Å². The van der Waals surface area contributed by atoms with E-state index in [1.165, 1.54) is 4.90 Å². The van der Waals surface area contributed by atoms with Crippen LogP contribution >= 0.6 is 15.9 Å². The second kappa shape index (κ2) is 7.04. The van der Waals surface area contributed by atoms with Gasteiger partial charge in [0, 0.05) is 23.8 Å². The summed E-state index contributed by atoms with van der Waals surface area (Å²) in [7, 11) is 1.62. The van der Waals surface area contributed by atoms with E-state index in [1.54, 1.807) is 7.05 Å². The van der Waals surface area contributed by atoms with E-state index < -0.39 is 6.10 Å². The summed E-state index contributed by atoms with van der Waals surface area (Å²) < 4.78 is 6.30. The molecular weight excluding hydrogens is 336 g/mol. The van der Waals surface area contributed by atoms with Crippen molar-refractivity contribution in [3.8, 4) is 0 Å². The zero-order valence-electron chi connectivity index (χ0n) is 12.2. The number of carbonyl (C=O) groups is 2. The number of nitrogens with one attached hydrogen (secondary N) is 1. The number of hydrogen-bond acceptors (Lipinski definition) is 3. The van der Waals surface area contributed by atoms with Crippen molar-refractivity contribution in [2.24, 2.45) is 0 Å². The molecule has 6 heteroatoms. The lowest BCUT2D eigenvalue weighted by Crippen LogP contribution is -2.40. The second-order valence-corrected chi connectivity index (χ2v) is 6.12. The molecule has 1 atom stereocenters. The fraction of sp³-hybridized carbons (Fsp3) is 0.467. The average molecular weight is 355 g/mol. The summed E-state index contributed by atoms with van der Waals surface area (Å²) >= 11 is 3.38. The molecule has 2 amide bonds. The van der Waals surface area contributed by atoms with Crippen molar-refractivity contribution in [3.05, 3.63) is 28.2 Å². The zero-order chi connectivity index (χ0) is 15.4. The van der Waals surface area contributed by atoms with Crippen LogP contribution in [0.2, 0.25) is 0 Å². The number of halogens is 1. The summed E-state index contributed by atoms with van der Waals surface area (Å²) in [6, 6.07) is 5.62. The van der Waals surface area contributed by atoms with Crippen LogP contribution in [0.25, 0.3) is 0 Å². The Kier molecular flexibility index (Phi) is 5.36. The highest BCUT2D eigenvalue weighted by atomic mass is 79.9. The molecule has 114 valence electrons. The molecule has 1 N–H and O–H groups in total. The number of rotatable bonds is 4. The van der Waals surface area contributed by atoms with Gasteiger partial charge in [0.05, 0.1) is 6.54 Å². The molecule has 1 aromatic carbocycles. The standard InChI is InChI=1S/C15H19BrN2O3/c1-10-8-11(16)5-6-12(10)17-14(19)9-18(2)15(20)13-4-3-7-21-13/h5-6,8,13H,3-4,7,9H2,1-2H3,(H,17,19)/t13-/m0/s1. The molecule has 0 saturated carbocycles. The molecule has 0 spiro atoms. The number of benzene rings is 1. The number of likely N-dealkylation sites (N-methyl/N-ethyl adjacent to an activating group) is 1. The van der Waals surface area contributed by atoms with Gasteiger partial charge in [-0.25, -0.2) is 0 Å². The van der Waals surface area contributed by atoms with Gasteiger partial charge < -0.3 is 15.0 Å².